The van der Waals surface area contributed by atoms with Crippen LogP contribution in [0.5, 0.6) is 0 Å². The van der Waals surface area contributed by atoms with Crippen molar-refractivity contribution in [3.63, 3.8) is 0 Å². The molecule has 2 aromatic heterocycles. The number of thiazole rings is 2. The van der Waals surface area contributed by atoms with Crippen LogP contribution in [0.4, 0.5) is 15.6 Å². The molecular weight excluding hydrogens is 899 g/mol. The zero-order valence-corrected chi connectivity index (χ0v) is 42.0. The monoisotopic (exact) mass is 965 g/mol. The fourth-order valence-electron chi connectivity index (χ4n) is 8.27. The predicted octanol–water partition coefficient (Wildman–Crippen LogP) is 10.3. The van der Waals surface area contributed by atoms with Gasteiger partial charge in [-0.15, -0.1) is 11.3 Å². The van der Waals surface area contributed by atoms with Crippen molar-refractivity contribution in [1.82, 2.24) is 25.5 Å². The molecule has 1 aliphatic rings. The van der Waals surface area contributed by atoms with Gasteiger partial charge in [0.2, 0.25) is 23.6 Å². The number of carbonyl (C=O) groups excluding carboxylic acids is 5. The maximum atomic E-state index is 14.0. The molecule has 0 bridgehead atoms. The summed E-state index contributed by atoms with van der Waals surface area (Å²) in [6.07, 6.45) is 6.70. The van der Waals surface area contributed by atoms with E-state index in [1.54, 1.807) is 25.2 Å². The van der Waals surface area contributed by atoms with Crippen LogP contribution in [0, 0.1) is 19.3 Å². The van der Waals surface area contributed by atoms with E-state index in [2.05, 4.69) is 31.2 Å². The van der Waals surface area contributed by atoms with Gasteiger partial charge in [0.05, 0.1) is 38.5 Å². The zero-order valence-electron chi connectivity index (χ0n) is 40.4. The Balaban J connectivity index is 0.855. The lowest BCUT2D eigenvalue weighted by Gasteiger charge is -2.35. The molecule has 5 amide bonds. The SMILES string of the molecule is Cc1ccc(-c2ccc3nc(NC(=O)CCCCCCCCCCC(=O)N[C@H](C(=O)N4C[C@H](O)C[C@H]4C(=O)NCc4ccc(-c5scnc5C)cc4)C(C)(C)C)sc3c2)cc1NC(=O)OC(C)C. The summed E-state index contributed by atoms with van der Waals surface area (Å²) < 4.78 is 6.19. The normalized spacial score (nSPS) is 15.3. The van der Waals surface area contributed by atoms with Gasteiger partial charge in [-0.1, -0.05) is 113 Å². The molecule has 5 N–H and O–H groups in total. The lowest BCUT2D eigenvalue weighted by Crippen LogP contribution is -2.57. The summed E-state index contributed by atoms with van der Waals surface area (Å²) in [5.41, 5.74) is 8.47. The minimum Gasteiger partial charge on any atom is -0.447 e. The molecule has 14 nitrogen and oxygen atoms in total. The number of carbonyl (C=O) groups is 5. The summed E-state index contributed by atoms with van der Waals surface area (Å²) in [4.78, 5) is 77.1. The van der Waals surface area contributed by atoms with Gasteiger partial charge in [0, 0.05) is 38.0 Å². The zero-order chi connectivity index (χ0) is 49.0. The number of benzene rings is 3. The average Bonchev–Trinajstić information content (AvgIpc) is 4.02. The van der Waals surface area contributed by atoms with Crippen LogP contribution in [0.15, 0.2) is 66.2 Å². The predicted molar refractivity (Wildman–Crippen MR) is 271 cm³/mol. The number of fused-ring (bicyclic) bond motifs is 1. The molecule has 3 aromatic carbocycles. The molecular formula is C52H67N7O7S2. The molecule has 16 heteroatoms. The number of hydrogen-bond donors (Lipinski definition) is 5. The van der Waals surface area contributed by atoms with Gasteiger partial charge in [-0.3, -0.25) is 24.5 Å². The van der Waals surface area contributed by atoms with E-state index in [1.165, 1.54) is 16.2 Å². The van der Waals surface area contributed by atoms with Crippen LogP contribution < -0.4 is 21.3 Å². The number of aromatic nitrogens is 2. The number of aliphatic hydroxyl groups excluding tert-OH is 1. The van der Waals surface area contributed by atoms with Crippen molar-refractivity contribution in [3.8, 4) is 21.6 Å². The van der Waals surface area contributed by atoms with E-state index >= 15 is 0 Å². The van der Waals surface area contributed by atoms with E-state index in [0.717, 1.165) is 93.6 Å². The number of anilines is 2. The Hall–Kier alpha value is -5.71. The number of aryl methyl sites for hydroxylation is 2. The quantitative estimate of drug-likeness (QED) is 0.0445. The van der Waals surface area contributed by atoms with Gasteiger partial charge >= 0.3 is 6.09 Å². The van der Waals surface area contributed by atoms with Gasteiger partial charge in [-0.05, 0) is 92.0 Å². The number of amides is 5. The number of likely N-dealkylation sites (tertiary alicyclic amines) is 1. The topological polar surface area (TPSA) is 192 Å². The molecule has 1 fully saturated rings. The van der Waals surface area contributed by atoms with Crippen LogP contribution in [-0.4, -0.2) is 80.5 Å². The van der Waals surface area contributed by atoms with E-state index in [-0.39, 0.29) is 49.2 Å². The van der Waals surface area contributed by atoms with Gasteiger partial charge in [-0.25, -0.2) is 14.8 Å². The van der Waals surface area contributed by atoms with Crippen molar-refractivity contribution < 1.29 is 33.8 Å². The second-order valence-corrected chi connectivity index (χ2v) is 21.0. The first-order valence-electron chi connectivity index (χ1n) is 23.8. The summed E-state index contributed by atoms with van der Waals surface area (Å²) in [5, 5.41) is 22.9. The lowest BCUT2D eigenvalue weighted by atomic mass is 9.85. The maximum Gasteiger partial charge on any atom is 0.411 e. The smallest absolute Gasteiger partial charge is 0.411 e. The molecule has 1 saturated heterocycles. The fraction of sp³-hybridized carbons (Fsp3) is 0.481. The summed E-state index contributed by atoms with van der Waals surface area (Å²) in [5.74, 6) is -0.968. The molecule has 0 aliphatic carbocycles. The number of unbranched alkanes of at least 4 members (excludes halogenated alkanes) is 7. The molecule has 68 heavy (non-hydrogen) atoms. The van der Waals surface area contributed by atoms with Gasteiger partial charge in [0.25, 0.3) is 0 Å². The van der Waals surface area contributed by atoms with Gasteiger partial charge < -0.3 is 30.7 Å². The maximum absolute atomic E-state index is 14.0. The van der Waals surface area contributed by atoms with Crippen LogP contribution >= 0.6 is 22.7 Å². The Morgan fingerprint density at radius 1 is 0.824 bits per heavy atom. The lowest BCUT2D eigenvalue weighted by molar-refractivity contribution is -0.144. The second-order valence-electron chi connectivity index (χ2n) is 19.1. The van der Waals surface area contributed by atoms with E-state index in [4.69, 9.17) is 4.74 Å². The third-order valence-corrected chi connectivity index (χ3v) is 14.0. The number of rotatable bonds is 21. The highest BCUT2D eigenvalue weighted by Gasteiger charge is 2.44. The Labute approximate surface area is 408 Å². The number of nitrogens with one attached hydrogen (secondary N) is 4. The second kappa shape index (κ2) is 24.0. The van der Waals surface area contributed by atoms with Crippen molar-refractivity contribution in [2.75, 3.05) is 17.2 Å². The summed E-state index contributed by atoms with van der Waals surface area (Å²) in [6, 6.07) is 18.1. The standard InChI is InChI=1S/C52H67N7O7S2/c1-32(2)66-51(65)56-41-26-37(21-18-33(41)3)38-24-25-40-43(27-38)68-50(55-40)58-45(62)17-15-13-11-9-8-10-12-14-16-44(61)57-47(52(5,6)7)49(64)59-30-39(60)28-42(59)48(63)53-29-35-19-22-36(23-20-35)46-34(4)54-31-67-46/h18-27,31-32,39,42,47,60H,8-17,28-30H2,1-7H3,(H,53,63)(H,56,65)(H,57,61)(H,55,58,62)/t39-,42+,47-/m1/s1. The van der Waals surface area contributed by atoms with E-state index < -0.39 is 29.7 Å². The van der Waals surface area contributed by atoms with Crippen LogP contribution in [0.25, 0.3) is 31.8 Å². The number of ether oxygens (including phenoxy) is 1. The van der Waals surface area contributed by atoms with E-state index in [9.17, 15) is 29.1 Å². The molecule has 0 spiro atoms. The Bertz CT molecular complexity index is 2530. The molecule has 1 aliphatic heterocycles. The summed E-state index contributed by atoms with van der Waals surface area (Å²) >= 11 is 3.01. The number of aliphatic hydroxyl groups is 1. The first-order valence-corrected chi connectivity index (χ1v) is 25.5. The number of hydrogen-bond acceptors (Lipinski definition) is 11. The highest BCUT2D eigenvalue weighted by atomic mass is 32.1. The first-order chi connectivity index (χ1) is 32.4. The van der Waals surface area contributed by atoms with Gasteiger partial charge in [0.15, 0.2) is 5.13 Å². The highest BCUT2D eigenvalue weighted by Crippen LogP contribution is 2.33. The molecule has 364 valence electrons. The third-order valence-electron chi connectivity index (χ3n) is 12.1. The Morgan fingerprint density at radius 2 is 1.46 bits per heavy atom. The summed E-state index contributed by atoms with van der Waals surface area (Å²) in [7, 11) is 0. The third kappa shape index (κ3) is 14.6. The number of nitrogens with zero attached hydrogens (tertiary/aromatic N) is 3. The van der Waals surface area contributed by atoms with Crippen molar-refractivity contribution in [3.05, 3.63) is 83.0 Å². The highest BCUT2D eigenvalue weighted by molar-refractivity contribution is 7.22. The van der Waals surface area contributed by atoms with Crippen LogP contribution in [-0.2, 0) is 30.5 Å². The van der Waals surface area contributed by atoms with Crippen molar-refractivity contribution in [1.29, 1.82) is 0 Å². The molecule has 3 atom stereocenters. The van der Waals surface area contributed by atoms with Gasteiger partial charge in [-0.2, -0.15) is 0 Å². The van der Waals surface area contributed by atoms with Crippen LogP contribution in [0.3, 0.4) is 0 Å². The fourth-order valence-corrected chi connectivity index (χ4v) is 10.0. The molecule has 0 radical (unpaired) electrons. The van der Waals surface area contributed by atoms with Crippen molar-refractivity contribution in [2.24, 2.45) is 5.41 Å². The largest absolute Gasteiger partial charge is 0.447 e. The minimum absolute atomic E-state index is 0.0268. The minimum atomic E-state index is -0.859. The van der Waals surface area contributed by atoms with Gasteiger partial charge in [0.1, 0.15) is 12.1 Å². The molecule has 3 heterocycles. The molecule has 6 rings (SSSR count). The first kappa shape index (κ1) is 51.7. The number of β-amino-alcohol motifs (C(OH)–C–C–N with tert-alkyl or cyclic N) is 1. The van der Waals surface area contributed by atoms with Crippen LogP contribution in [0.2, 0.25) is 0 Å². The van der Waals surface area contributed by atoms with E-state index in [1.807, 2.05) is 101 Å². The van der Waals surface area contributed by atoms with Crippen molar-refractivity contribution >= 4 is 73.4 Å². The van der Waals surface area contributed by atoms with Crippen molar-refractivity contribution in [2.45, 2.75) is 150 Å². The van der Waals surface area contributed by atoms with Crippen LogP contribution in [0.1, 0.15) is 122 Å². The Kier molecular flexibility index (Phi) is 18.3. The van der Waals surface area contributed by atoms with E-state index in [0.29, 0.717) is 30.1 Å². The summed E-state index contributed by atoms with van der Waals surface area (Å²) in [6.45, 7) is 13.5. The molecule has 0 unspecified atom stereocenters. The Morgan fingerprint density at radius 3 is 2.10 bits per heavy atom. The molecule has 0 saturated carbocycles. The molecule has 5 aromatic rings. The average molecular weight is 966 g/mol.